The number of amides is 1. The highest BCUT2D eigenvalue weighted by atomic mass is 16.3. The molecule has 1 aromatic rings. The summed E-state index contributed by atoms with van der Waals surface area (Å²) in [5.74, 6) is -0.135. The van der Waals surface area contributed by atoms with Gasteiger partial charge in [0.05, 0.1) is 29.1 Å². The molecule has 1 rings (SSSR count). The van der Waals surface area contributed by atoms with Crippen molar-refractivity contribution in [3.63, 3.8) is 0 Å². The SMILES string of the molecule is CCc1nnc(C)cc1C(=O)N(C)C(C)(C)CO. The second-order valence-electron chi connectivity index (χ2n) is 5.03. The molecular formula is C13H21N3O2. The maximum atomic E-state index is 12.4. The van der Waals surface area contributed by atoms with Crippen LogP contribution in [0, 0.1) is 6.92 Å². The van der Waals surface area contributed by atoms with Crippen molar-refractivity contribution < 1.29 is 9.90 Å². The maximum absolute atomic E-state index is 12.4. The minimum atomic E-state index is -0.598. The summed E-state index contributed by atoms with van der Waals surface area (Å²) in [6, 6.07) is 1.75. The van der Waals surface area contributed by atoms with E-state index in [4.69, 9.17) is 0 Å². The Bertz CT molecular complexity index is 444. The van der Waals surface area contributed by atoms with Crippen molar-refractivity contribution in [2.24, 2.45) is 0 Å². The molecule has 0 atom stereocenters. The van der Waals surface area contributed by atoms with Gasteiger partial charge in [-0.25, -0.2) is 0 Å². The Kier molecular flexibility index (Phi) is 4.40. The number of aliphatic hydroxyl groups is 1. The van der Waals surface area contributed by atoms with Gasteiger partial charge in [-0.15, -0.1) is 0 Å². The van der Waals surface area contributed by atoms with Gasteiger partial charge in [-0.1, -0.05) is 6.92 Å². The highest BCUT2D eigenvalue weighted by molar-refractivity contribution is 5.95. The third kappa shape index (κ3) is 2.85. The van der Waals surface area contributed by atoms with Gasteiger partial charge < -0.3 is 10.0 Å². The van der Waals surface area contributed by atoms with E-state index in [0.29, 0.717) is 23.4 Å². The van der Waals surface area contributed by atoms with Crippen LogP contribution in [0.25, 0.3) is 0 Å². The summed E-state index contributed by atoms with van der Waals surface area (Å²) in [5.41, 5.74) is 1.37. The standard InChI is InChI=1S/C13H21N3O2/c1-6-11-10(7-9(2)14-15-11)12(18)16(5)13(3,4)8-17/h7,17H,6,8H2,1-5H3. The zero-order valence-corrected chi connectivity index (χ0v) is 11.7. The van der Waals surface area contributed by atoms with Crippen LogP contribution in [0.4, 0.5) is 0 Å². The summed E-state index contributed by atoms with van der Waals surface area (Å²) in [4.78, 5) is 14.0. The number of hydrogen-bond donors (Lipinski definition) is 1. The number of rotatable bonds is 4. The fourth-order valence-electron chi connectivity index (χ4n) is 1.52. The summed E-state index contributed by atoms with van der Waals surface area (Å²) in [6.45, 7) is 7.29. The number of aryl methyl sites for hydroxylation is 2. The first kappa shape index (κ1) is 14.6. The molecule has 0 aliphatic carbocycles. The van der Waals surface area contributed by atoms with E-state index in [9.17, 15) is 9.90 Å². The zero-order chi connectivity index (χ0) is 13.9. The monoisotopic (exact) mass is 251 g/mol. The number of hydrogen-bond acceptors (Lipinski definition) is 4. The second-order valence-corrected chi connectivity index (χ2v) is 5.03. The molecular weight excluding hydrogens is 230 g/mol. The van der Waals surface area contributed by atoms with E-state index >= 15 is 0 Å². The Morgan fingerprint density at radius 3 is 2.56 bits per heavy atom. The van der Waals surface area contributed by atoms with E-state index in [1.165, 1.54) is 0 Å². The highest BCUT2D eigenvalue weighted by Crippen LogP contribution is 2.17. The van der Waals surface area contributed by atoms with Gasteiger partial charge in [0.1, 0.15) is 0 Å². The molecule has 0 spiro atoms. The highest BCUT2D eigenvalue weighted by Gasteiger charge is 2.29. The van der Waals surface area contributed by atoms with Crippen molar-refractivity contribution in [1.29, 1.82) is 0 Å². The largest absolute Gasteiger partial charge is 0.394 e. The molecule has 1 N–H and O–H groups in total. The van der Waals surface area contributed by atoms with E-state index in [1.807, 2.05) is 20.8 Å². The molecule has 1 aromatic heterocycles. The number of carbonyl (C=O) groups is 1. The van der Waals surface area contributed by atoms with Gasteiger partial charge in [0, 0.05) is 7.05 Å². The van der Waals surface area contributed by atoms with Gasteiger partial charge >= 0.3 is 0 Å². The number of carbonyl (C=O) groups excluding carboxylic acids is 1. The van der Waals surface area contributed by atoms with Crippen molar-refractivity contribution >= 4 is 5.91 Å². The van der Waals surface area contributed by atoms with E-state index in [1.54, 1.807) is 24.9 Å². The molecule has 0 radical (unpaired) electrons. The van der Waals surface area contributed by atoms with Crippen LogP contribution in [0.15, 0.2) is 6.07 Å². The average molecular weight is 251 g/mol. The molecule has 5 nitrogen and oxygen atoms in total. The lowest BCUT2D eigenvalue weighted by molar-refractivity contribution is 0.0471. The lowest BCUT2D eigenvalue weighted by Crippen LogP contribution is -2.48. The van der Waals surface area contributed by atoms with Crippen molar-refractivity contribution in [3.8, 4) is 0 Å². The first-order valence-corrected chi connectivity index (χ1v) is 6.05. The number of aromatic nitrogens is 2. The van der Waals surface area contributed by atoms with Crippen molar-refractivity contribution in [1.82, 2.24) is 15.1 Å². The van der Waals surface area contributed by atoms with E-state index in [-0.39, 0.29) is 12.5 Å². The molecule has 0 aromatic carbocycles. The summed E-state index contributed by atoms with van der Waals surface area (Å²) in [5, 5.41) is 17.3. The van der Waals surface area contributed by atoms with Crippen molar-refractivity contribution in [2.75, 3.05) is 13.7 Å². The molecule has 0 saturated heterocycles. The van der Waals surface area contributed by atoms with Gasteiger partial charge in [0.2, 0.25) is 0 Å². The van der Waals surface area contributed by atoms with Crippen LogP contribution in [-0.4, -0.2) is 45.3 Å². The molecule has 1 heterocycles. The van der Waals surface area contributed by atoms with Crippen LogP contribution in [0.2, 0.25) is 0 Å². The zero-order valence-electron chi connectivity index (χ0n) is 11.7. The van der Waals surface area contributed by atoms with Crippen molar-refractivity contribution in [2.45, 2.75) is 39.7 Å². The molecule has 1 amide bonds. The molecule has 0 saturated carbocycles. The van der Waals surface area contributed by atoms with Crippen LogP contribution in [-0.2, 0) is 6.42 Å². The van der Waals surface area contributed by atoms with Crippen LogP contribution >= 0.6 is 0 Å². The summed E-state index contributed by atoms with van der Waals surface area (Å²) >= 11 is 0. The van der Waals surface area contributed by atoms with Crippen LogP contribution in [0.3, 0.4) is 0 Å². The van der Waals surface area contributed by atoms with Gasteiger partial charge in [-0.3, -0.25) is 4.79 Å². The fourth-order valence-corrected chi connectivity index (χ4v) is 1.52. The third-order valence-corrected chi connectivity index (χ3v) is 3.16. The topological polar surface area (TPSA) is 66.3 Å². The van der Waals surface area contributed by atoms with Gasteiger partial charge in [0.25, 0.3) is 5.91 Å². The van der Waals surface area contributed by atoms with Crippen LogP contribution < -0.4 is 0 Å². The molecule has 18 heavy (non-hydrogen) atoms. The van der Waals surface area contributed by atoms with Gasteiger partial charge in [0.15, 0.2) is 0 Å². The fraction of sp³-hybridized carbons (Fsp3) is 0.615. The normalized spacial score (nSPS) is 11.4. The Morgan fingerprint density at radius 2 is 2.06 bits per heavy atom. The Hall–Kier alpha value is -1.49. The molecule has 0 unspecified atom stereocenters. The summed E-state index contributed by atoms with van der Waals surface area (Å²) in [6.07, 6.45) is 0.655. The number of likely N-dealkylation sites (N-methyl/N-ethyl adjacent to an activating group) is 1. The minimum absolute atomic E-state index is 0.0891. The smallest absolute Gasteiger partial charge is 0.256 e. The first-order valence-electron chi connectivity index (χ1n) is 6.05. The Balaban J connectivity index is 3.14. The lowest BCUT2D eigenvalue weighted by atomic mass is 10.0. The van der Waals surface area contributed by atoms with Gasteiger partial charge in [-0.2, -0.15) is 10.2 Å². The Labute approximate surface area is 108 Å². The molecule has 5 heteroatoms. The first-order chi connectivity index (χ1) is 8.33. The predicted molar refractivity (Wildman–Crippen MR) is 69.4 cm³/mol. The minimum Gasteiger partial charge on any atom is -0.394 e. The molecule has 0 bridgehead atoms. The quantitative estimate of drug-likeness (QED) is 0.873. The Morgan fingerprint density at radius 1 is 1.44 bits per heavy atom. The van der Waals surface area contributed by atoms with Crippen LogP contribution in [0.1, 0.15) is 42.5 Å². The molecule has 0 fully saturated rings. The third-order valence-electron chi connectivity index (χ3n) is 3.16. The number of aliphatic hydroxyl groups excluding tert-OH is 1. The molecule has 0 aliphatic rings. The second kappa shape index (κ2) is 5.44. The van der Waals surface area contributed by atoms with E-state index < -0.39 is 5.54 Å². The van der Waals surface area contributed by atoms with E-state index in [2.05, 4.69) is 10.2 Å². The van der Waals surface area contributed by atoms with Gasteiger partial charge in [-0.05, 0) is 33.3 Å². The molecule has 0 aliphatic heterocycles. The molecule has 100 valence electrons. The summed E-state index contributed by atoms with van der Waals surface area (Å²) < 4.78 is 0. The summed E-state index contributed by atoms with van der Waals surface area (Å²) in [7, 11) is 1.69. The van der Waals surface area contributed by atoms with E-state index in [0.717, 1.165) is 0 Å². The maximum Gasteiger partial charge on any atom is 0.256 e. The number of nitrogens with zero attached hydrogens (tertiary/aromatic N) is 3. The van der Waals surface area contributed by atoms with Crippen LogP contribution in [0.5, 0.6) is 0 Å². The van der Waals surface area contributed by atoms with Crippen molar-refractivity contribution in [3.05, 3.63) is 23.0 Å². The predicted octanol–water partition coefficient (Wildman–Crippen LogP) is 1.19. The average Bonchev–Trinajstić information content (AvgIpc) is 2.36. The lowest BCUT2D eigenvalue weighted by Gasteiger charge is -2.34.